The van der Waals surface area contributed by atoms with Gasteiger partial charge in [0.05, 0.1) is 16.2 Å². The van der Waals surface area contributed by atoms with Crippen LogP contribution < -0.4 is 21.1 Å². The van der Waals surface area contributed by atoms with E-state index in [0.29, 0.717) is 44.5 Å². The number of benzene rings is 2. The Hall–Kier alpha value is -3.40. The number of amides is 2. The summed E-state index contributed by atoms with van der Waals surface area (Å²) in [5.74, 6) is -1.88. The molecule has 1 heterocycles. The minimum Gasteiger partial charge on any atom is -0.480 e. The van der Waals surface area contributed by atoms with Gasteiger partial charge in [0.2, 0.25) is 11.8 Å². The first-order chi connectivity index (χ1) is 16.4. The predicted octanol–water partition coefficient (Wildman–Crippen LogP) is 4.12. The topological polar surface area (TPSA) is 128 Å². The number of aldehydes is 1. The van der Waals surface area contributed by atoms with Crippen molar-refractivity contribution < 1.29 is 24.3 Å². The van der Waals surface area contributed by atoms with Gasteiger partial charge in [0.25, 0.3) is 0 Å². The monoisotopic (exact) mass is 518 g/mol. The SMILES string of the molecule is CC(=O)N(NC(C)(C)C=O)c1ccc(NC(=O)C=C2CC(C(=O)O)Nc3cc(Cl)cc(Cl)c32)cc1. The molecule has 1 aliphatic rings. The van der Waals surface area contributed by atoms with Crippen LogP contribution in [-0.2, 0) is 19.2 Å². The van der Waals surface area contributed by atoms with E-state index in [4.69, 9.17) is 23.2 Å². The molecule has 0 bridgehead atoms. The Morgan fingerprint density at radius 1 is 1.17 bits per heavy atom. The van der Waals surface area contributed by atoms with Gasteiger partial charge in [-0.15, -0.1) is 0 Å². The first-order valence-corrected chi connectivity index (χ1v) is 11.3. The number of rotatable bonds is 7. The first kappa shape index (κ1) is 26.2. The van der Waals surface area contributed by atoms with Crippen molar-refractivity contribution in [1.29, 1.82) is 0 Å². The molecule has 35 heavy (non-hydrogen) atoms. The fourth-order valence-electron chi connectivity index (χ4n) is 3.52. The van der Waals surface area contributed by atoms with Crippen molar-refractivity contribution in [2.75, 3.05) is 15.6 Å². The lowest BCUT2D eigenvalue weighted by Crippen LogP contribution is -2.54. The number of halogens is 2. The van der Waals surface area contributed by atoms with Crippen LogP contribution in [0.5, 0.6) is 0 Å². The summed E-state index contributed by atoms with van der Waals surface area (Å²) in [4.78, 5) is 47.6. The summed E-state index contributed by atoms with van der Waals surface area (Å²) in [7, 11) is 0. The number of aliphatic carboxylic acids is 1. The van der Waals surface area contributed by atoms with Gasteiger partial charge < -0.3 is 20.5 Å². The lowest BCUT2D eigenvalue weighted by atomic mass is 9.92. The Labute approximate surface area is 212 Å². The molecule has 11 heteroatoms. The average molecular weight is 519 g/mol. The number of nitrogens with zero attached hydrogens (tertiary/aromatic N) is 1. The lowest BCUT2D eigenvalue weighted by Gasteiger charge is -2.29. The smallest absolute Gasteiger partial charge is 0.326 e. The molecule has 0 saturated heterocycles. The van der Waals surface area contributed by atoms with E-state index >= 15 is 0 Å². The zero-order valence-electron chi connectivity index (χ0n) is 19.2. The van der Waals surface area contributed by atoms with Crippen molar-refractivity contribution in [2.24, 2.45) is 0 Å². The summed E-state index contributed by atoms with van der Waals surface area (Å²) >= 11 is 12.4. The maximum Gasteiger partial charge on any atom is 0.326 e. The number of carboxylic acids is 1. The van der Waals surface area contributed by atoms with Gasteiger partial charge in [-0.3, -0.25) is 9.59 Å². The fraction of sp³-hybridized carbons (Fsp3) is 0.250. The number of hydrogen-bond acceptors (Lipinski definition) is 6. The van der Waals surface area contributed by atoms with Crippen molar-refractivity contribution in [3.8, 4) is 0 Å². The Balaban J connectivity index is 1.83. The van der Waals surface area contributed by atoms with E-state index < -0.39 is 23.5 Å². The number of carbonyl (C=O) groups excluding carboxylic acids is 3. The van der Waals surface area contributed by atoms with Crippen molar-refractivity contribution in [3.05, 3.63) is 58.1 Å². The average Bonchev–Trinajstić information content (AvgIpc) is 2.77. The Bertz CT molecular complexity index is 1210. The van der Waals surface area contributed by atoms with Gasteiger partial charge in [-0.25, -0.2) is 15.2 Å². The van der Waals surface area contributed by atoms with Gasteiger partial charge in [-0.2, -0.15) is 0 Å². The molecule has 3 rings (SSSR count). The molecule has 0 aliphatic carbocycles. The number of carboxylic acid groups (broad SMARTS) is 1. The van der Waals surface area contributed by atoms with E-state index in [9.17, 15) is 24.3 Å². The highest BCUT2D eigenvalue weighted by molar-refractivity contribution is 6.36. The van der Waals surface area contributed by atoms with Crippen LogP contribution >= 0.6 is 23.2 Å². The molecule has 2 aromatic rings. The minimum absolute atomic E-state index is 0.0435. The Kier molecular flexibility index (Phi) is 7.84. The second-order valence-electron chi connectivity index (χ2n) is 8.56. The molecular weight excluding hydrogens is 495 g/mol. The van der Waals surface area contributed by atoms with Crippen LogP contribution in [0.2, 0.25) is 10.0 Å². The van der Waals surface area contributed by atoms with Crippen LogP contribution in [0.1, 0.15) is 32.8 Å². The van der Waals surface area contributed by atoms with Crippen LogP contribution in [0, 0.1) is 0 Å². The van der Waals surface area contributed by atoms with Crippen LogP contribution in [0.4, 0.5) is 17.1 Å². The summed E-state index contributed by atoms with van der Waals surface area (Å²) in [6.07, 6.45) is 2.04. The number of anilines is 3. The van der Waals surface area contributed by atoms with Crippen LogP contribution in [-0.4, -0.2) is 40.8 Å². The van der Waals surface area contributed by atoms with Crippen molar-refractivity contribution >= 4 is 69.9 Å². The van der Waals surface area contributed by atoms with Gasteiger partial charge in [-0.1, -0.05) is 23.2 Å². The highest BCUT2D eigenvalue weighted by Gasteiger charge is 2.29. The summed E-state index contributed by atoms with van der Waals surface area (Å²) in [5.41, 5.74) is 4.20. The molecule has 4 N–H and O–H groups in total. The molecule has 2 amide bonds. The molecule has 0 fully saturated rings. The number of carbonyl (C=O) groups is 4. The summed E-state index contributed by atoms with van der Waals surface area (Å²) < 4.78 is 0. The molecule has 1 aliphatic heterocycles. The molecule has 0 saturated carbocycles. The van der Waals surface area contributed by atoms with Crippen molar-refractivity contribution in [1.82, 2.24) is 5.43 Å². The zero-order valence-corrected chi connectivity index (χ0v) is 20.7. The number of hydrogen-bond donors (Lipinski definition) is 4. The molecule has 0 radical (unpaired) electrons. The minimum atomic E-state index is -1.07. The second-order valence-corrected chi connectivity index (χ2v) is 9.40. The quantitative estimate of drug-likeness (QED) is 0.246. The van der Waals surface area contributed by atoms with Gasteiger partial charge >= 0.3 is 5.97 Å². The third-order valence-electron chi connectivity index (χ3n) is 5.14. The van der Waals surface area contributed by atoms with Gasteiger partial charge in [0.15, 0.2) is 0 Å². The van der Waals surface area contributed by atoms with Gasteiger partial charge in [-0.05, 0) is 55.8 Å². The fourth-order valence-corrected chi connectivity index (χ4v) is 4.14. The van der Waals surface area contributed by atoms with Crippen LogP contribution in [0.15, 0.2) is 42.5 Å². The van der Waals surface area contributed by atoms with Crippen molar-refractivity contribution in [2.45, 2.75) is 38.8 Å². The van der Waals surface area contributed by atoms with E-state index in [1.807, 2.05) is 0 Å². The molecule has 0 aromatic heterocycles. The molecule has 1 atom stereocenters. The van der Waals surface area contributed by atoms with E-state index in [2.05, 4.69) is 16.1 Å². The standard InChI is InChI=1S/C24H24Cl2N4O5/c1-13(32)30(29-24(2,3)12-31)17-6-4-16(5-7-17)27-21(33)9-14-8-20(23(34)35)28-19-11-15(25)10-18(26)22(14)19/h4-7,9-12,20,28-29H,8H2,1-3H3,(H,27,33)(H,34,35). The molecule has 0 spiro atoms. The molecular formula is C24H24Cl2N4O5. The largest absolute Gasteiger partial charge is 0.480 e. The number of fused-ring (bicyclic) bond motifs is 1. The van der Waals surface area contributed by atoms with Gasteiger partial charge in [0, 0.05) is 41.4 Å². The highest BCUT2D eigenvalue weighted by atomic mass is 35.5. The van der Waals surface area contributed by atoms with E-state index in [1.165, 1.54) is 24.1 Å². The molecule has 1 unspecified atom stereocenters. The highest BCUT2D eigenvalue weighted by Crippen LogP contribution is 2.40. The zero-order chi connectivity index (χ0) is 25.9. The normalized spacial score (nSPS) is 16.1. The predicted molar refractivity (Wildman–Crippen MR) is 136 cm³/mol. The third-order valence-corrected chi connectivity index (χ3v) is 5.65. The number of nitrogens with one attached hydrogen (secondary N) is 3. The van der Waals surface area contributed by atoms with E-state index in [0.717, 1.165) is 0 Å². The number of hydrazine groups is 1. The maximum absolute atomic E-state index is 12.8. The van der Waals surface area contributed by atoms with E-state index in [1.54, 1.807) is 44.2 Å². The summed E-state index contributed by atoms with van der Waals surface area (Å²) in [6.45, 7) is 4.62. The van der Waals surface area contributed by atoms with Crippen LogP contribution in [0.25, 0.3) is 5.57 Å². The van der Waals surface area contributed by atoms with E-state index in [-0.39, 0.29) is 12.3 Å². The second kappa shape index (κ2) is 10.5. The Morgan fingerprint density at radius 2 is 1.83 bits per heavy atom. The molecule has 9 nitrogen and oxygen atoms in total. The van der Waals surface area contributed by atoms with Crippen LogP contribution in [0.3, 0.4) is 0 Å². The first-order valence-electron chi connectivity index (χ1n) is 10.6. The summed E-state index contributed by atoms with van der Waals surface area (Å²) in [5, 5.41) is 16.9. The Morgan fingerprint density at radius 3 is 2.40 bits per heavy atom. The van der Waals surface area contributed by atoms with Gasteiger partial charge in [0.1, 0.15) is 12.3 Å². The maximum atomic E-state index is 12.8. The van der Waals surface area contributed by atoms with Crippen molar-refractivity contribution in [3.63, 3.8) is 0 Å². The third kappa shape index (κ3) is 6.39. The molecule has 184 valence electrons. The lowest BCUT2D eigenvalue weighted by molar-refractivity contribution is -0.137. The summed E-state index contributed by atoms with van der Waals surface area (Å²) in [6, 6.07) is 8.55. The molecule has 2 aromatic carbocycles.